The van der Waals surface area contributed by atoms with Crippen molar-refractivity contribution in [1.82, 2.24) is 0 Å². The highest BCUT2D eigenvalue weighted by Crippen LogP contribution is 2.33. The number of hydrogen-bond acceptors (Lipinski definition) is 4. The molecule has 0 aromatic heterocycles. The zero-order valence-corrected chi connectivity index (χ0v) is 9.42. The van der Waals surface area contributed by atoms with E-state index >= 15 is 0 Å². The first-order valence-electron chi connectivity index (χ1n) is 3.99. The molecule has 0 amide bonds. The van der Waals surface area contributed by atoms with Crippen molar-refractivity contribution >= 4 is 21.9 Å². The van der Waals surface area contributed by atoms with E-state index in [1.165, 1.54) is 13.2 Å². The van der Waals surface area contributed by atoms with Crippen LogP contribution in [-0.2, 0) is 9.53 Å². The van der Waals surface area contributed by atoms with Crippen molar-refractivity contribution in [3.63, 3.8) is 0 Å². The molecule has 0 heterocycles. The van der Waals surface area contributed by atoms with Crippen molar-refractivity contribution < 1.29 is 19.0 Å². The molecule has 0 saturated carbocycles. The standard InChI is InChI=1S/C9H9BrFNO3/c1-15-9(14)7(12)4-2-3-5(11)6(10)8(4)13/h2-3,7,13H,12H2,1H3/t7-/m0/s1. The molecule has 82 valence electrons. The molecule has 0 spiro atoms. The van der Waals surface area contributed by atoms with Gasteiger partial charge in [0, 0.05) is 5.56 Å². The second kappa shape index (κ2) is 4.59. The lowest BCUT2D eigenvalue weighted by Crippen LogP contribution is -2.22. The maximum absolute atomic E-state index is 12.9. The summed E-state index contributed by atoms with van der Waals surface area (Å²) in [6.07, 6.45) is 0. The lowest BCUT2D eigenvalue weighted by molar-refractivity contribution is -0.142. The number of hydrogen-bond donors (Lipinski definition) is 2. The minimum atomic E-state index is -1.13. The number of benzene rings is 1. The van der Waals surface area contributed by atoms with E-state index in [9.17, 15) is 14.3 Å². The molecule has 15 heavy (non-hydrogen) atoms. The topological polar surface area (TPSA) is 72.5 Å². The Bertz CT molecular complexity index is 397. The van der Waals surface area contributed by atoms with Gasteiger partial charge in [-0.25, -0.2) is 4.39 Å². The van der Waals surface area contributed by atoms with Crippen LogP contribution >= 0.6 is 15.9 Å². The Morgan fingerprint density at radius 1 is 1.67 bits per heavy atom. The van der Waals surface area contributed by atoms with Crippen LogP contribution in [0.1, 0.15) is 11.6 Å². The number of esters is 1. The van der Waals surface area contributed by atoms with Gasteiger partial charge in [-0.1, -0.05) is 6.07 Å². The van der Waals surface area contributed by atoms with Crippen LogP contribution in [0.25, 0.3) is 0 Å². The monoisotopic (exact) mass is 277 g/mol. The molecule has 3 N–H and O–H groups in total. The highest BCUT2D eigenvalue weighted by atomic mass is 79.9. The molecule has 6 heteroatoms. The Balaban J connectivity index is 3.16. The van der Waals surface area contributed by atoms with Crippen molar-refractivity contribution in [3.05, 3.63) is 28.0 Å². The Labute approximate surface area is 94.0 Å². The van der Waals surface area contributed by atoms with Crippen molar-refractivity contribution in [2.45, 2.75) is 6.04 Å². The van der Waals surface area contributed by atoms with Crippen LogP contribution in [0.3, 0.4) is 0 Å². The van der Waals surface area contributed by atoms with Gasteiger partial charge in [-0.3, -0.25) is 4.79 Å². The van der Waals surface area contributed by atoms with Crippen LogP contribution < -0.4 is 5.73 Å². The molecule has 1 aromatic carbocycles. The first-order valence-corrected chi connectivity index (χ1v) is 4.78. The van der Waals surface area contributed by atoms with E-state index in [4.69, 9.17) is 5.73 Å². The SMILES string of the molecule is COC(=O)[C@@H](N)c1ccc(F)c(Br)c1O. The molecule has 1 atom stereocenters. The van der Waals surface area contributed by atoms with Gasteiger partial charge in [0.1, 0.15) is 17.6 Å². The first kappa shape index (κ1) is 11.9. The first-order chi connectivity index (χ1) is 6.99. The van der Waals surface area contributed by atoms with Gasteiger partial charge in [-0.05, 0) is 22.0 Å². The lowest BCUT2D eigenvalue weighted by atomic mass is 10.1. The van der Waals surface area contributed by atoms with Crippen LogP contribution in [0.5, 0.6) is 5.75 Å². The maximum Gasteiger partial charge on any atom is 0.327 e. The molecule has 0 aliphatic rings. The van der Waals surface area contributed by atoms with Crippen LogP contribution in [0.4, 0.5) is 4.39 Å². The van der Waals surface area contributed by atoms with E-state index in [0.29, 0.717) is 0 Å². The summed E-state index contributed by atoms with van der Waals surface area (Å²) in [5.74, 6) is -1.73. The molecule has 1 aromatic rings. The minimum Gasteiger partial charge on any atom is -0.506 e. The summed E-state index contributed by atoms with van der Waals surface area (Å²) < 4.78 is 17.2. The Hall–Kier alpha value is -1.14. The van der Waals surface area contributed by atoms with E-state index in [1.54, 1.807) is 0 Å². The van der Waals surface area contributed by atoms with Gasteiger partial charge in [-0.2, -0.15) is 0 Å². The molecule has 0 aliphatic heterocycles. The summed E-state index contributed by atoms with van der Waals surface area (Å²) in [7, 11) is 1.18. The average Bonchev–Trinajstić information content (AvgIpc) is 2.24. The number of phenolic OH excluding ortho intramolecular Hbond substituents is 1. The van der Waals surface area contributed by atoms with Gasteiger partial charge in [0.05, 0.1) is 11.6 Å². The highest BCUT2D eigenvalue weighted by molar-refractivity contribution is 9.10. The number of rotatable bonds is 2. The smallest absolute Gasteiger partial charge is 0.327 e. The number of halogens is 2. The predicted octanol–water partition coefficient (Wildman–Crippen LogP) is 1.47. The second-order valence-electron chi connectivity index (χ2n) is 2.80. The molecule has 4 nitrogen and oxygen atoms in total. The van der Waals surface area contributed by atoms with E-state index in [-0.39, 0.29) is 10.0 Å². The van der Waals surface area contributed by atoms with Gasteiger partial charge in [0.25, 0.3) is 0 Å². The van der Waals surface area contributed by atoms with E-state index in [0.717, 1.165) is 6.07 Å². The fraction of sp³-hybridized carbons (Fsp3) is 0.222. The number of carbonyl (C=O) groups is 1. The predicted molar refractivity (Wildman–Crippen MR) is 54.7 cm³/mol. The Morgan fingerprint density at radius 3 is 2.80 bits per heavy atom. The highest BCUT2D eigenvalue weighted by Gasteiger charge is 2.22. The third kappa shape index (κ3) is 2.27. The fourth-order valence-corrected chi connectivity index (χ4v) is 1.42. The van der Waals surface area contributed by atoms with Crippen molar-refractivity contribution in [1.29, 1.82) is 0 Å². The molecule has 0 radical (unpaired) electrons. The fourth-order valence-electron chi connectivity index (χ4n) is 1.06. The van der Waals surface area contributed by atoms with E-state index < -0.39 is 23.6 Å². The summed E-state index contributed by atoms with van der Waals surface area (Å²) in [5.41, 5.74) is 5.60. The number of nitrogens with two attached hydrogens (primary N) is 1. The zero-order chi connectivity index (χ0) is 11.6. The lowest BCUT2D eigenvalue weighted by Gasteiger charge is -2.12. The van der Waals surface area contributed by atoms with E-state index in [1.807, 2.05) is 0 Å². The quantitative estimate of drug-likeness (QED) is 0.803. The van der Waals surface area contributed by atoms with Crippen LogP contribution in [-0.4, -0.2) is 18.2 Å². The number of aromatic hydroxyl groups is 1. The summed E-state index contributed by atoms with van der Waals surface area (Å²) >= 11 is 2.84. The van der Waals surface area contributed by atoms with Crippen LogP contribution in [0.2, 0.25) is 0 Å². The summed E-state index contributed by atoms with van der Waals surface area (Å²) in [6, 6.07) is 1.20. The number of methoxy groups -OCH3 is 1. The minimum absolute atomic E-state index is 0.107. The van der Waals surface area contributed by atoms with Crippen molar-refractivity contribution in [2.75, 3.05) is 7.11 Å². The Morgan fingerprint density at radius 2 is 2.27 bits per heavy atom. The van der Waals surface area contributed by atoms with Gasteiger partial charge in [0.2, 0.25) is 0 Å². The van der Waals surface area contributed by atoms with Crippen molar-refractivity contribution in [2.24, 2.45) is 5.73 Å². The molecule has 0 unspecified atom stereocenters. The molecule has 0 saturated heterocycles. The summed E-state index contributed by atoms with van der Waals surface area (Å²) in [5, 5.41) is 9.52. The average molecular weight is 278 g/mol. The molecular weight excluding hydrogens is 269 g/mol. The summed E-state index contributed by atoms with van der Waals surface area (Å²) in [4.78, 5) is 11.1. The van der Waals surface area contributed by atoms with Gasteiger partial charge in [-0.15, -0.1) is 0 Å². The van der Waals surface area contributed by atoms with Gasteiger partial charge < -0.3 is 15.6 Å². The largest absolute Gasteiger partial charge is 0.506 e. The van der Waals surface area contributed by atoms with Gasteiger partial charge in [0.15, 0.2) is 0 Å². The second-order valence-corrected chi connectivity index (χ2v) is 3.59. The van der Waals surface area contributed by atoms with Crippen molar-refractivity contribution in [3.8, 4) is 5.75 Å². The van der Waals surface area contributed by atoms with E-state index in [2.05, 4.69) is 20.7 Å². The molecule has 0 fully saturated rings. The third-order valence-corrected chi connectivity index (χ3v) is 2.64. The molecular formula is C9H9BrFNO3. The molecule has 0 bridgehead atoms. The molecule has 0 aliphatic carbocycles. The molecule has 1 rings (SSSR count). The number of phenols is 1. The zero-order valence-electron chi connectivity index (χ0n) is 7.83. The number of ether oxygens (including phenoxy) is 1. The van der Waals surface area contributed by atoms with Crippen LogP contribution in [0.15, 0.2) is 16.6 Å². The van der Waals surface area contributed by atoms with Gasteiger partial charge >= 0.3 is 5.97 Å². The third-order valence-electron chi connectivity index (χ3n) is 1.89. The number of carbonyl (C=O) groups excluding carboxylic acids is 1. The summed E-state index contributed by atoms with van der Waals surface area (Å²) in [6.45, 7) is 0. The normalized spacial score (nSPS) is 12.3. The Kier molecular flexibility index (Phi) is 3.65. The maximum atomic E-state index is 12.9. The van der Waals surface area contributed by atoms with Crippen LogP contribution in [0, 0.1) is 5.82 Å².